The summed E-state index contributed by atoms with van der Waals surface area (Å²) in [5, 5.41) is 15.9. The third kappa shape index (κ3) is 6.28. The molecule has 4 heterocycles. The summed E-state index contributed by atoms with van der Waals surface area (Å²) in [7, 11) is -3.80. The minimum Gasteiger partial charge on any atom is -0.394 e. The maximum atomic E-state index is 14.0. The van der Waals surface area contributed by atoms with E-state index >= 15 is 0 Å². The number of sulfonamides is 1. The quantitative estimate of drug-likeness (QED) is 0.138. The van der Waals surface area contributed by atoms with E-state index in [9.17, 15) is 32.7 Å². The van der Waals surface area contributed by atoms with Gasteiger partial charge < -0.3 is 10.4 Å². The summed E-state index contributed by atoms with van der Waals surface area (Å²) in [6.45, 7) is 2.16. The smallest absolute Gasteiger partial charge is 0.263 e. The van der Waals surface area contributed by atoms with Crippen LogP contribution in [0.4, 0.5) is 5.69 Å². The molecular formula is C41H36N4O7S2. The highest BCUT2D eigenvalue weighted by Crippen LogP contribution is 2.49. The molecule has 4 aliphatic heterocycles. The standard InChI is InChI=1S/C41H36N4O7S2/c1-24-10-13-28(14-11-24)54(51,52)44-19-18-29-33(23-46)42-32-15-12-27(22-31(32)38(29)44)26-7-2-5-25(21-26)6-4-20-53-35-9-3-8-30-37(35)41(50)45(40(30)49)34-16-17-36(47)43-39(34)48/h2-3,5,7-15,21-22,29,33-34,38,42,46H,16-20,23H2,1H3,(H,43,47,48)/t29-,33+,34?,38-/m1/s1. The minimum atomic E-state index is -3.80. The molecule has 3 N–H and O–H groups in total. The van der Waals surface area contributed by atoms with Gasteiger partial charge in [0.25, 0.3) is 11.8 Å². The van der Waals surface area contributed by atoms with E-state index in [1.165, 1.54) is 11.8 Å². The van der Waals surface area contributed by atoms with Gasteiger partial charge in [-0.1, -0.05) is 53.8 Å². The van der Waals surface area contributed by atoms with E-state index in [0.29, 0.717) is 23.6 Å². The SMILES string of the molecule is Cc1ccc(S(=O)(=O)N2CC[C@@H]3[C@H](CO)Nc4ccc(-c5cccc(C#CCSc6cccc7c6C(=O)N(C6CCC(=O)NC6=O)C7=O)c5)cc4[C@@H]32)cc1. The predicted molar refractivity (Wildman–Crippen MR) is 203 cm³/mol. The molecule has 2 fully saturated rings. The Morgan fingerprint density at radius 2 is 1.69 bits per heavy atom. The van der Waals surface area contributed by atoms with E-state index in [4.69, 9.17) is 0 Å². The van der Waals surface area contributed by atoms with Crippen LogP contribution in [0.25, 0.3) is 11.1 Å². The molecule has 4 aromatic carbocycles. The van der Waals surface area contributed by atoms with Crippen molar-refractivity contribution in [1.29, 1.82) is 0 Å². The monoisotopic (exact) mass is 760 g/mol. The second-order valence-corrected chi connectivity index (χ2v) is 16.8. The van der Waals surface area contributed by atoms with Gasteiger partial charge >= 0.3 is 0 Å². The van der Waals surface area contributed by atoms with Gasteiger partial charge in [-0.2, -0.15) is 4.31 Å². The normalized spacial score (nSPS) is 22.1. The first-order chi connectivity index (χ1) is 26.0. The Labute approximate surface area is 317 Å². The number of hydrogen-bond acceptors (Lipinski definition) is 9. The second-order valence-electron chi connectivity index (χ2n) is 13.9. The zero-order valence-corrected chi connectivity index (χ0v) is 30.9. The maximum absolute atomic E-state index is 14.0. The number of amides is 4. The summed E-state index contributed by atoms with van der Waals surface area (Å²) in [5.74, 6) is 4.40. The van der Waals surface area contributed by atoms with Gasteiger partial charge in [0.1, 0.15) is 6.04 Å². The van der Waals surface area contributed by atoms with Gasteiger partial charge in [-0.25, -0.2) is 8.42 Å². The largest absolute Gasteiger partial charge is 0.394 e. The fraction of sp³-hybridized carbons (Fsp3) is 0.268. The molecule has 4 aromatic rings. The lowest BCUT2D eigenvalue weighted by atomic mass is 9.82. The maximum Gasteiger partial charge on any atom is 0.263 e. The molecule has 11 nitrogen and oxygen atoms in total. The van der Waals surface area contributed by atoms with Gasteiger partial charge in [-0.3, -0.25) is 29.4 Å². The highest BCUT2D eigenvalue weighted by molar-refractivity contribution is 7.99. The fourth-order valence-electron chi connectivity index (χ4n) is 7.95. The van der Waals surface area contributed by atoms with Crippen LogP contribution in [0, 0.1) is 24.7 Å². The van der Waals surface area contributed by atoms with Gasteiger partial charge in [0.05, 0.1) is 40.5 Å². The first kappa shape index (κ1) is 35.8. The summed E-state index contributed by atoms with van der Waals surface area (Å²) in [6.07, 6.45) is 0.760. The molecular weight excluding hydrogens is 725 g/mol. The Balaban J connectivity index is 1.01. The van der Waals surface area contributed by atoms with Crippen molar-refractivity contribution in [2.24, 2.45) is 5.92 Å². The first-order valence-electron chi connectivity index (χ1n) is 17.7. The Morgan fingerprint density at radius 3 is 2.46 bits per heavy atom. The molecule has 13 heteroatoms. The lowest BCUT2D eigenvalue weighted by Crippen LogP contribution is -2.54. The molecule has 4 aliphatic rings. The Bertz CT molecular complexity index is 2400. The number of nitrogens with zero attached hydrogens (tertiary/aromatic N) is 2. The van der Waals surface area contributed by atoms with Crippen molar-refractivity contribution in [2.45, 2.75) is 54.1 Å². The van der Waals surface area contributed by atoms with Crippen LogP contribution in [-0.4, -0.2) is 77.3 Å². The molecule has 8 rings (SSSR count). The number of carbonyl (C=O) groups is 4. The number of thioether (sulfide) groups is 1. The molecule has 0 bridgehead atoms. The van der Waals surface area contributed by atoms with Crippen LogP contribution in [0.1, 0.15) is 62.7 Å². The van der Waals surface area contributed by atoms with E-state index < -0.39 is 45.7 Å². The number of rotatable bonds is 7. The molecule has 0 aliphatic carbocycles. The number of fused-ring (bicyclic) bond motifs is 4. The van der Waals surface area contributed by atoms with Crippen molar-refractivity contribution in [3.05, 3.63) is 113 Å². The highest BCUT2D eigenvalue weighted by Gasteiger charge is 2.49. The molecule has 0 saturated carbocycles. The van der Waals surface area contributed by atoms with E-state index in [0.717, 1.165) is 38.4 Å². The van der Waals surface area contributed by atoms with Crippen molar-refractivity contribution in [3.8, 4) is 23.0 Å². The van der Waals surface area contributed by atoms with Crippen LogP contribution in [-0.2, 0) is 19.6 Å². The second kappa shape index (κ2) is 14.2. The van der Waals surface area contributed by atoms with Crippen LogP contribution in [0.5, 0.6) is 0 Å². The Kier molecular flexibility index (Phi) is 9.39. The van der Waals surface area contributed by atoms with E-state index in [1.807, 2.05) is 49.4 Å². The molecule has 4 atom stereocenters. The number of benzene rings is 4. The molecule has 1 unspecified atom stereocenters. The van der Waals surface area contributed by atoms with Gasteiger partial charge in [-0.05, 0) is 85.0 Å². The fourth-order valence-corrected chi connectivity index (χ4v) is 10.4. The number of aliphatic hydroxyl groups excluding tert-OH is 1. The molecule has 2 saturated heterocycles. The summed E-state index contributed by atoms with van der Waals surface area (Å²) >= 11 is 1.32. The minimum absolute atomic E-state index is 0.0510. The summed E-state index contributed by atoms with van der Waals surface area (Å²) in [5.41, 5.74) is 5.67. The van der Waals surface area contributed by atoms with Crippen LogP contribution >= 0.6 is 11.8 Å². The number of carbonyl (C=O) groups excluding carboxylic acids is 4. The predicted octanol–water partition coefficient (Wildman–Crippen LogP) is 4.75. The summed E-state index contributed by atoms with van der Waals surface area (Å²) in [6, 6.07) is 23.9. The third-order valence-electron chi connectivity index (χ3n) is 10.6. The van der Waals surface area contributed by atoms with Gasteiger partial charge in [0, 0.05) is 35.0 Å². The van der Waals surface area contributed by atoms with E-state index in [1.54, 1.807) is 46.8 Å². The van der Waals surface area contributed by atoms with Crippen LogP contribution < -0.4 is 10.6 Å². The number of nitrogens with one attached hydrogen (secondary N) is 2. The Morgan fingerprint density at radius 1 is 0.907 bits per heavy atom. The molecule has 54 heavy (non-hydrogen) atoms. The number of hydrogen-bond donors (Lipinski definition) is 3. The van der Waals surface area contributed by atoms with Crippen molar-refractivity contribution in [1.82, 2.24) is 14.5 Å². The lowest BCUT2D eigenvalue weighted by Gasteiger charge is -2.39. The first-order valence-corrected chi connectivity index (χ1v) is 20.1. The summed E-state index contributed by atoms with van der Waals surface area (Å²) < 4.78 is 29.5. The van der Waals surface area contributed by atoms with Crippen molar-refractivity contribution < 1.29 is 32.7 Å². The molecule has 274 valence electrons. The van der Waals surface area contributed by atoms with E-state index in [-0.39, 0.29) is 47.4 Å². The van der Waals surface area contributed by atoms with Gasteiger partial charge in [0.15, 0.2) is 0 Å². The highest BCUT2D eigenvalue weighted by atomic mass is 32.2. The molecule has 0 radical (unpaired) electrons. The van der Waals surface area contributed by atoms with Crippen LogP contribution in [0.3, 0.4) is 0 Å². The number of anilines is 1. The number of piperidine rings is 1. The topological polar surface area (TPSA) is 153 Å². The average Bonchev–Trinajstić information content (AvgIpc) is 3.74. The summed E-state index contributed by atoms with van der Waals surface area (Å²) in [4.78, 5) is 52.6. The van der Waals surface area contributed by atoms with Crippen molar-refractivity contribution >= 4 is 51.1 Å². The lowest BCUT2D eigenvalue weighted by molar-refractivity contribution is -0.136. The number of aliphatic hydroxyl groups is 1. The zero-order valence-electron chi connectivity index (χ0n) is 29.2. The van der Waals surface area contributed by atoms with Crippen molar-refractivity contribution in [3.63, 3.8) is 0 Å². The zero-order chi connectivity index (χ0) is 37.7. The molecule has 4 amide bonds. The molecule has 0 spiro atoms. The molecule has 0 aromatic heterocycles. The van der Waals surface area contributed by atoms with Crippen molar-refractivity contribution in [2.75, 3.05) is 24.2 Å². The average molecular weight is 761 g/mol. The van der Waals surface area contributed by atoms with Gasteiger partial charge in [-0.15, -0.1) is 11.8 Å². The number of aryl methyl sites for hydroxylation is 1. The van der Waals surface area contributed by atoms with E-state index in [2.05, 4.69) is 22.5 Å². The number of imide groups is 2. The Hall–Kier alpha value is -5.26. The third-order valence-corrected chi connectivity index (χ3v) is 13.4. The van der Waals surface area contributed by atoms with Gasteiger partial charge in [0.2, 0.25) is 21.8 Å². The van der Waals surface area contributed by atoms with Crippen LogP contribution in [0.15, 0.2) is 94.7 Å². The van der Waals surface area contributed by atoms with Crippen LogP contribution in [0.2, 0.25) is 0 Å².